The molecule has 2 aromatic carbocycles. The molecule has 2 rings (SSSR count). The lowest BCUT2D eigenvalue weighted by molar-refractivity contribution is 0.102. The molecule has 1 amide bonds. The first kappa shape index (κ1) is 16.0. The van der Waals surface area contributed by atoms with Crippen molar-refractivity contribution >= 4 is 17.3 Å². The molecular weight excluding hydrogens is 274 g/mol. The van der Waals surface area contributed by atoms with Gasteiger partial charge in [0.05, 0.1) is 0 Å². The summed E-state index contributed by atoms with van der Waals surface area (Å²) in [6, 6.07) is 15.5. The maximum Gasteiger partial charge on any atom is 0.255 e. The summed E-state index contributed by atoms with van der Waals surface area (Å²) >= 11 is 0. The Balaban J connectivity index is 2.02. The average molecular weight is 297 g/mol. The predicted molar refractivity (Wildman–Crippen MR) is 92.6 cm³/mol. The van der Waals surface area contributed by atoms with Crippen LogP contribution in [-0.2, 0) is 6.54 Å². The third-order valence-corrected chi connectivity index (χ3v) is 3.36. The van der Waals surface area contributed by atoms with E-state index >= 15 is 0 Å². The first-order chi connectivity index (χ1) is 10.5. The summed E-state index contributed by atoms with van der Waals surface area (Å²) in [6.45, 7) is 0.889. The Bertz CT molecular complexity index is 616. The molecule has 4 nitrogen and oxygen atoms in total. The Hall–Kier alpha value is -2.33. The van der Waals surface area contributed by atoms with Crippen molar-refractivity contribution < 1.29 is 4.79 Å². The monoisotopic (exact) mass is 297 g/mol. The molecule has 0 aliphatic heterocycles. The van der Waals surface area contributed by atoms with Crippen molar-refractivity contribution in [3.05, 3.63) is 59.7 Å². The standard InChI is InChI=1S/C18H23N3O/c1-20(2)13-14-5-9-16(10-6-14)19-18(22)15-7-11-17(12-8-15)21(3)4/h5-12H,13H2,1-4H3,(H,19,22). The van der Waals surface area contributed by atoms with Crippen LogP contribution < -0.4 is 10.2 Å². The fourth-order valence-corrected chi connectivity index (χ4v) is 2.17. The molecule has 0 heterocycles. The van der Waals surface area contributed by atoms with Crippen molar-refractivity contribution in [2.45, 2.75) is 6.54 Å². The van der Waals surface area contributed by atoms with Crippen LogP contribution in [0.25, 0.3) is 0 Å². The molecular formula is C18H23N3O. The second-order valence-electron chi connectivity index (χ2n) is 5.83. The number of anilines is 2. The zero-order valence-electron chi connectivity index (χ0n) is 13.6. The van der Waals surface area contributed by atoms with Crippen LogP contribution in [0.15, 0.2) is 48.5 Å². The second kappa shape index (κ2) is 7.09. The van der Waals surface area contributed by atoms with Gasteiger partial charge < -0.3 is 15.1 Å². The van der Waals surface area contributed by atoms with Gasteiger partial charge in [-0.1, -0.05) is 12.1 Å². The van der Waals surface area contributed by atoms with E-state index in [0.29, 0.717) is 5.56 Å². The lowest BCUT2D eigenvalue weighted by Crippen LogP contribution is -2.13. The summed E-state index contributed by atoms with van der Waals surface area (Å²) in [5.41, 5.74) is 3.76. The second-order valence-corrected chi connectivity index (χ2v) is 5.83. The fraction of sp³-hybridized carbons (Fsp3) is 0.278. The fourth-order valence-electron chi connectivity index (χ4n) is 2.17. The molecule has 2 aromatic rings. The molecule has 0 aromatic heterocycles. The van der Waals surface area contributed by atoms with Gasteiger partial charge in [0.1, 0.15) is 0 Å². The van der Waals surface area contributed by atoms with Crippen LogP contribution in [-0.4, -0.2) is 39.0 Å². The molecule has 0 aliphatic rings. The summed E-state index contributed by atoms with van der Waals surface area (Å²) in [5, 5.41) is 2.92. The molecule has 0 fully saturated rings. The van der Waals surface area contributed by atoms with Gasteiger partial charge in [0, 0.05) is 37.6 Å². The van der Waals surface area contributed by atoms with Gasteiger partial charge in [-0.2, -0.15) is 0 Å². The van der Waals surface area contributed by atoms with Crippen molar-refractivity contribution in [2.75, 3.05) is 38.4 Å². The van der Waals surface area contributed by atoms with E-state index in [9.17, 15) is 4.79 Å². The van der Waals surface area contributed by atoms with Gasteiger partial charge in [-0.3, -0.25) is 4.79 Å². The largest absolute Gasteiger partial charge is 0.378 e. The molecule has 22 heavy (non-hydrogen) atoms. The SMILES string of the molecule is CN(C)Cc1ccc(NC(=O)c2ccc(N(C)C)cc2)cc1. The summed E-state index contributed by atoms with van der Waals surface area (Å²) in [7, 11) is 8.02. The van der Waals surface area contributed by atoms with Crippen LogP contribution >= 0.6 is 0 Å². The van der Waals surface area contributed by atoms with Crippen LogP contribution in [0.5, 0.6) is 0 Å². The molecule has 0 aliphatic carbocycles. The van der Waals surface area contributed by atoms with E-state index in [1.165, 1.54) is 5.56 Å². The Labute approximate surface area is 132 Å². The number of nitrogens with zero attached hydrogens (tertiary/aromatic N) is 2. The zero-order chi connectivity index (χ0) is 16.1. The zero-order valence-corrected chi connectivity index (χ0v) is 13.6. The van der Waals surface area contributed by atoms with E-state index in [2.05, 4.69) is 10.2 Å². The lowest BCUT2D eigenvalue weighted by atomic mass is 10.1. The van der Waals surface area contributed by atoms with Gasteiger partial charge in [0.25, 0.3) is 5.91 Å². The maximum atomic E-state index is 12.2. The van der Waals surface area contributed by atoms with Gasteiger partial charge in [-0.15, -0.1) is 0 Å². The topological polar surface area (TPSA) is 35.6 Å². The summed E-state index contributed by atoms with van der Waals surface area (Å²) in [5.74, 6) is -0.0920. The van der Waals surface area contributed by atoms with Gasteiger partial charge >= 0.3 is 0 Å². The quantitative estimate of drug-likeness (QED) is 0.921. The minimum Gasteiger partial charge on any atom is -0.378 e. The number of hydrogen-bond donors (Lipinski definition) is 1. The smallest absolute Gasteiger partial charge is 0.255 e. The number of rotatable bonds is 5. The molecule has 0 saturated heterocycles. The maximum absolute atomic E-state index is 12.2. The normalized spacial score (nSPS) is 10.6. The molecule has 0 spiro atoms. The highest BCUT2D eigenvalue weighted by Crippen LogP contribution is 2.15. The molecule has 1 N–H and O–H groups in total. The number of carbonyl (C=O) groups is 1. The molecule has 4 heteroatoms. The number of nitrogens with one attached hydrogen (secondary N) is 1. The van der Waals surface area contributed by atoms with Gasteiger partial charge in [-0.25, -0.2) is 0 Å². The van der Waals surface area contributed by atoms with Gasteiger partial charge in [-0.05, 0) is 56.1 Å². The summed E-state index contributed by atoms with van der Waals surface area (Å²) in [4.78, 5) is 16.3. The first-order valence-corrected chi connectivity index (χ1v) is 7.28. The highest BCUT2D eigenvalue weighted by molar-refractivity contribution is 6.04. The number of benzene rings is 2. The third kappa shape index (κ3) is 4.33. The molecule has 0 saturated carbocycles. The van der Waals surface area contributed by atoms with Crippen LogP contribution in [0.4, 0.5) is 11.4 Å². The number of carbonyl (C=O) groups excluding carboxylic acids is 1. The van der Waals surface area contributed by atoms with E-state index in [1.807, 2.05) is 81.6 Å². The number of amides is 1. The van der Waals surface area contributed by atoms with E-state index < -0.39 is 0 Å². The van der Waals surface area contributed by atoms with Gasteiger partial charge in [0.15, 0.2) is 0 Å². The van der Waals surface area contributed by atoms with Crippen molar-refractivity contribution in [3.8, 4) is 0 Å². The van der Waals surface area contributed by atoms with E-state index in [-0.39, 0.29) is 5.91 Å². The van der Waals surface area contributed by atoms with Crippen molar-refractivity contribution in [1.29, 1.82) is 0 Å². The minimum absolute atomic E-state index is 0.0920. The van der Waals surface area contributed by atoms with E-state index in [0.717, 1.165) is 17.9 Å². The Morgan fingerprint density at radius 3 is 2.00 bits per heavy atom. The van der Waals surface area contributed by atoms with Crippen molar-refractivity contribution in [1.82, 2.24) is 4.90 Å². The van der Waals surface area contributed by atoms with Crippen LogP contribution in [0.3, 0.4) is 0 Å². The van der Waals surface area contributed by atoms with Crippen LogP contribution in [0, 0.1) is 0 Å². The minimum atomic E-state index is -0.0920. The van der Waals surface area contributed by atoms with Crippen LogP contribution in [0.2, 0.25) is 0 Å². The third-order valence-electron chi connectivity index (χ3n) is 3.36. The first-order valence-electron chi connectivity index (χ1n) is 7.28. The van der Waals surface area contributed by atoms with E-state index in [1.54, 1.807) is 0 Å². The highest BCUT2D eigenvalue weighted by Gasteiger charge is 2.06. The average Bonchev–Trinajstić information content (AvgIpc) is 2.49. The molecule has 0 bridgehead atoms. The molecule has 0 radical (unpaired) electrons. The Kier molecular flexibility index (Phi) is 5.17. The molecule has 0 atom stereocenters. The predicted octanol–water partition coefficient (Wildman–Crippen LogP) is 3.07. The summed E-state index contributed by atoms with van der Waals surface area (Å²) < 4.78 is 0. The Morgan fingerprint density at radius 1 is 0.909 bits per heavy atom. The lowest BCUT2D eigenvalue weighted by Gasteiger charge is -2.13. The van der Waals surface area contributed by atoms with Crippen molar-refractivity contribution in [3.63, 3.8) is 0 Å². The molecule has 116 valence electrons. The highest BCUT2D eigenvalue weighted by atomic mass is 16.1. The Morgan fingerprint density at radius 2 is 1.50 bits per heavy atom. The van der Waals surface area contributed by atoms with E-state index in [4.69, 9.17) is 0 Å². The number of hydrogen-bond acceptors (Lipinski definition) is 3. The van der Waals surface area contributed by atoms with Crippen LogP contribution in [0.1, 0.15) is 15.9 Å². The summed E-state index contributed by atoms with van der Waals surface area (Å²) in [6.07, 6.45) is 0. The molecule has 0 unspecified atom stereocenters. The van der Waals surface area contributed by atoms with Crippen molar-refractivity contribution in [2.24, 2.45) is 0 Å². The van der Waals surface area contributed by atoms with Gasteiger partial charge in [0.2, 0.25) is 0 Å².